The van der Waals surface area contributed by atoms with Crippen LogP contribution >= 0.6 is 0 Å². The molecule has 0 heterocycles. The molecule has 1 N–H and O–H groups in total. The van der Waals surface area contributed by atoms with Crippen molar-refractivity contribution in [1.29, 1.82) is 0 Å². The van der Waals surface area contributed by atoms with E-state index in [-0.39, 0.29) is 5.91 Å². The number of hydrogen-bond acceptors (Lipinski definition) is 1. The molecule has 0 spiro atoms. The van der Waals surface area contributed by atoms with Gasteiger partial charge in [0.1, 0.15) is 0 Å². The third-order valence-electron chi connectivity index (χ3n) is 0.722. The number of nitrogens with one attached hydrogen (secondary N) is 1. The van der Waals surface area contributed by atoms with Crippen molar-refractivity contribution in [2.24, 2.45) is 0 Å². The molecule has 0 saturated heterocycles. The molecule has 0 aromatic heterocycles. The predicted octanol–water partition coefficient (Wildman–Crippen LogP) is 0.699. The summed E-state index contributed by atoms with van der Waals surface area (Å²) in [6, 6.07) is 0. The lowest BCUT2D eigenvalue weighted by molar-refractivity contribution is -0.118. The van der Waals surface area contributed by atoms with Gasteiger partial charge < -0.3 is 5.32 Å². The van der Waals surface area contributed by atoms with Crippen molar-refractivity contribution in [2.75, 3.05) is 6.54 Å². The molecule has 0 rings (SSSR count). The highest BCUT2D eigenvalue weighted by Gasteiger charge is 1.84. The van der Waals surface area contributed by atoms with E-state index in [2.05, 4.69) is 11.9 Å². The third kappa shape index (κ3) is 5.21. The van der Waals surface area contributed by atoms with Crippen LogP contribution in [0.2, 0.25) is 0 Å². The minimum absolute atomic E-state index is 0.0202. The van der Waals surface area contributed by atoms with E-state index < -0.39 is 0 Å². The zero-order chi connectivity index (χ0) is 6.41. The molecule has 0 aromatic carbocycles. The number of carbonyl (C=O) groups is 1. The minimum atomic E-state index is 0.0202. The van der Waals surface area contributed by atoms with Gasteiger partial charge in [0.15, 0.2) is 0 Å². The van der Waals surface area contributed by atoms with Gasteiger partial charge in [-0.05, 0) is 6.42 Å². The molecule has 0 aliphatic carbocycles. The van der Waals surface area contributed by atoms with E-state index in [1.807, 2.05) is 0 Å². The predicted molar refractivity (Wildman–Crippen MR) is 33.5 cm³/mol. The Labute approximate surface area is 49.6 Å². The SMILES string of the molecule is C=CCCNC(C)=O. The maximum absolute atomic E-state index is 10.2. The molecule has 1 amide bonds. The number of amides is 1. The molecule has 0 aromatic rings. The molecule has 0 unspecified atom stereocenters. The van der Waals surface area contributed by atoms with Crippen LogP contribution in [-0.2, 0) is 4.79 Å². The van der Waals surface area contributed by atoms with E-state index in [0.29, 0.717) is 6.54 Å². The Bertz CT molecular complexity index is 88.5. The molecule has 8 heavy (non-hydrogen) atoms. The fourth-order valence-corrected chi connectivity index (χ4v) is 0.350. The van der Waals surface area contributed by atoms with E-state index in [4.69, 9.17) is 0 Å². The van der Waals surface area contributed by atoms with E-state index in [1.165, 1.54) is 6.92 Å². The Morgan fingerprint density at radius 1 is 1.88 bits per heavy atom. The lowest BCUT2D eigenvalue weighted by Gasteiger charge is -1.94. The van der Waals surface area contributed by atoms with Gasteiger partial charge in [0.05, 0.1) is 0 Å². The summed E-state index contributed by atoms with van der Waals surface area (Å²) in [5.74, 6) is 0.0202. The Morgan fingerprint density at radius 2 is 2.50 bits per heavy atom. The lowest BCUT2D eigenvalue weighted by atomic mass is 10.4. The van der Waals surface area contributed by atoms with E-state index in [0.717, 1.165) is 6.42 Å². The zero-order valence-electron chi connectivity index (χ0n) is 5.11. The highest BCUT2D eigenvalue weighted by atomic mass is 16.1. The average Bonchev–Trinajstić information content (AvgIpc) is 1.66. The first-order chi connectivity index (χ1) is 3.77. The number of rotatable bonds is 3. The van der Waals surface area contributed by atoms with Crippen LogP contribution in [0, 0.1) is 0 Å². The van der Waals surface area contributed by atoms with Crippen molar-refractivity contribution in [1.82, 2.24) is 5.32 Å². The molecule has 46 valence electrons. The second-order valence-electron chi connectivity index (χ2n) is 1.56. The molecular weight excluding hydrogens is 102 g/mol. The molecule has 0 aliphatic rings. The maximum atomic E-state index is 10.2. The molecule has 2 heteroatoms. The molecule has 0 fully saturated rings. The summed E-state index contributed by atoms with van der Waals surface area (Å²) in [4.78, 5) is 10.2. The van der Waals surface area contributed by atoms with E-state index >= 15 is 0 Å². The second kappa shape index (κ2) is 4.37. The quantitative estimate of drug-likeness (QED) is 0.423. The van der Waals surface area contributed by atoms with Crippen molar-refractivity contribution in [2.45, 2.75) is 13.3 Å². The van der Waals surface area contributed by atoms with Crippen LogP contribution in [0.25, 0.3) is 0 Å². The Morgan fingerprint density at radius 3 is 2.88 bits per heavy atom. The number of carbonyl (C=O) groups excluding carboxylic acids is 1. The lowest BCUT2D eigenvalue weighted by Crippen LogP contribution is -2.20. The van der Waals surface area contributed by atoms with Gasteiger partial charge >= 0.3 is 0 Å². The zero-order valence-corrected chi connectivity index (χ0v) is 5.11. The van der Waals surface area contributed by atoms with Crippen molar-refractivity contribution in [3.8, 4) is 0 Å². The van der Waals surface area contributed by atoms with Gasteiger partial charge in [0.25, 0.3) is 0 Å². The van der Waals surface area contributed by atoms with Crippen LogP contribution in [0.1, 0.15) is 13.3 Å². The van der Waals surface area contributed by atoms with Gasteiger partial charge in [-0.25, -0.2) is 0 Å². The second-order valence-corrected chi connectivity index (χ2v) is 1.56. The van der Waals surface area contributed by atoms with Gasteiger partial charge in [-0.2, -0.15) is 0 Å². The fourth-order valence-electron chi connectivity index (χ4n) is 0.350. The highest BCUT2D eigenvalue weighted by molar-refractivity contribution is 5.72. The fraction of sp³-hybridized carbons (Fsp3) is 0.500. The molecule has 0 atom stereocenters. The average molecular weight is 113 g/mol. The molecule has 0 saturated carbocycles. The van der Waals surface area contributed by atoms with Gasteiger partial charge in [-0.1, -0.05) is 6.08 Å². The first-order valence-corrected chi connectivity index (χ1v) is 2.62. The topological polar surface area (TPSA) is 29.1 Å². The van der Waals surface area contributed by atoms with Gasteiger partial charge in [0.2, 0.25) is 5.91 Å². The van der Waals surface area contributed by atoms with Crippen LogP contribution in [0.4, 0.5) is 0 Å². The smallest absolute Gasteiger partial charge is 0.216 e. The van der Waals surface area contributed by atoms with Crippen molar-refractivity contribution in [3.63, 3.8) is 0 Å². The standard InChI is InChI=1S/C6H11NO/c1-3-4-5-7-6(2)8/h3H,1,4-5H2,2H3,(H,7,8). The first-order valence-electron chi connectivity index (χ1n) is 2.62. The summed E-state index contributed by atoms with van der Waals surface area (Å²) in [5, 5.41) is 2.64. The Kier molecular flexibility index (Phi) is 3.94. The largest absolute Gasteiger partial charge is 0.356 e. The minimum Gasteiger partial charge on any atom is -0.356 e. The van der Waals surface area contributed by atoms with Crippen molar-refractivity contribution in [3.05, 3.63) is 12.7 Å². The molecule has 0 aliphatic heterocycles. The van der Waals surface area contributed by atoms with Crippen molar-refractivity contribution < 1.29 is 4.79 Å². The third-order valence-corrected chi connectivity index (χ3v) is 0.722. The summed E-state index contributed by atoms with van der Waals surface area (Å²) >= 11 is 0. The normalized spacial score (nSPS) is 8.12. The molecule has 0 radical (unpaired) electrons. The first kappa shape index (κ1) is 7.21. The van der Waals surface area contributed by atoms with Crippen LogP contribution in [0.3, 0.4) is 0 Å². The highest BCUT2D eigenvalue weighted by Crippen LogP contribution is 1.73. The molecule has 0 bridgehead atoms. The monoisotopic (exact) mass is 113 g/mol. The Hall–Kier alpha value is -0.790. The van der Waals surface area contributed by atoms with Crippen LogP contribution in [0.15, 0.2) is 12.7 Å². The van der Waals surface area contributed by atoms with Crippen molar-refractivity contribution >= 4 is 5.91 Å². The maximum Gasteiger partial charge on any atom is 0.216 e. The summed E-state index contributed by atoms with van der Waals surface area (Å²) in [6.45, 7) is 5.72. The van der Waals surface area contributed by atoms with Crippen LogP contribution in [0.5, 0.6) is 0 Å². The number of hydrogen-bond donors (Lipinski definition) is 1. The van der Waals surface area contributed by atoms with Gasteiger partial charge in [-0.15, -0.1) is 6.58 Å². The summed E-state index contributed by atoms with van der Waals surface area (Å²) in [7, 11) is 0. The van der Waals surface area contributed by atoms with Gasteiger partial charge in [0, 0.05) is 13.5 Å². The summed E-state index contributed by atoms with van der Waals surface area (Å²) in [6.07, 6.45) is 2.62. The Balaban J connectivity index is 2.93. The van der Waals surface area contributed by atoms with E-state index in [1.54, 1.807) is 6.08 Å². The molecular formula is C6H11NO. The van der Waals surface area contributed by atoms with Crippen LogP contribution < -0.4 is 5.32 Å². The van der Waals surface area contributed by atoms with Crippen LogP contribution in [-0.4, -0.2) is 12.5 Å². The molecule has 2 nitrogen and oxygen atoms in total. The van der Waals surface area contributed by atoms with E-state index in [9.17, 15) is 4.79 Å². The summed E-state index contributed by atoms with van der Waals surface area (Å²) in [5.41, 5.74) is 0. The van der Waals surface area contributed by atoms with Gasteiger partial charge in [-0.3, -0.25) is 4.79 Å². The summed E-state index contributed by atoms with van der Waals surface area (Å²) < 4.78 is 0.